The van der Waals surface area contributed by atoms with E-state index in [1.807, 2.05) is 30.3 Å². The van der Waals surface area contributed by atoms with Crippen LogP contribution in [0, 0.1) is 0 Å². The number of hydrogen-bond acceptors (Lipinski definition) is 3. The van der Waals surface area contributed by atoms with E-state index in [0.29, 0.717) is 23.3 Å². The van der Waals surface area contributed by atoms with Crippen molar-refractivity contribution in [3.8, 4) is 17.0 Å². The molecule has 0 saturated heterocycles. The van der Waals surface area contributed by atoms with Gasteiger partial charge in [0, 0.05) is 22.5 Å². The van der Waals surface area contributed by atoms with E-state index in [2.05, 4.69) is 10.6 Å². The smallest absolute Gasteiger partial charge is 0.335 e. The first-order valence-corrected chi connectivity index (χ1v) is 12.3. The van der Waals surface area contributed by atoms with Crippen LogP contribution in [-0.4, -0.2) is 28.5 Å². The van der Waals surface area contributed by atoms with Crippen LogP contribution in [-0.2, 0) is 4.79 Å². The van der Waals surface area contributed by atoms with Crippen LogP contribution in [0.25, 0.3) is 22.2 Å². The summed E-state index contributed by atoms with van der Waals surface area (Å²) in [5.74, 6) is 0.252. The van der Waals surface area contributed by atoms with Crippen molar-refractivity contribution < 1.29 is 19.4 Å². The van der Waals surface area contributed by atoms with Crippen LogP contribution in [0.2, 0.25) is 0 Å². The molecule has 5 rings (SSSR count). The maximum Gasteiger partial charge on any atom is 0.335 e. The lowest BCUT2D eigenvalue weighted by Crippen LogP contribution is -2.11. The SMILES string of the molecule is O=CCOc1ccccc1-c1c(C2CCCCC2)c2ccc(C(=O)O)cc2n1C1CCCC1. The first-order chi connectivity index (χ1) is 16.2. The molecule has 5 heteroatoms. The number of carboxylic acids is 1. The van der Waals surface area contributed by atoms with Crippen molar-refractivity contribution >= 4 is 23.2 Å². The van der Waals surface area contributed by atoms with Crippen LogP contribution in [0.1, 0.15) is 85.7 Å². The van der Waals surface area contributed by atoms with Gasteiger partial charge in [0.1, 0.15) is 12.4 Å². The molecule has 1 aromatic heterocycles. The quantitative estimate of drug-likeness (QED) is 0.409. The minimum Gasteiger partial charge on any atom is -0.485 e. The second-order valence-electron chi connectivity index (χ2n) is 9.42. The van der Waals surface area contributed by atoms with Crippen LogP contribution in [0.4, 0.5) is 0 Å². The first-order valence-electron chi connectivity index (χ1n) is 12.3. The van der Waals surface area contributed by atoms with E-state index in [4.69, 9.17) is 4.74 Å². The Morgan fingerprint density at radius 1 is 1.00 bits per heavy atom. The molecule has 0 bridgehead atoms. The Morgan fingerprint density at radius 3 is 2.45 bits per heavy atom. The molecule has 1 heterocycles. The third kappa shape index (κ3) is 4.05. The molecule has 2 saturated carbocycles. The summed E-state index contributed by atoms with van der Waals surface area (Å²) in [7, 11) is 0. The lowest BCUT2D eigenvalue weighted by molar-refractivity contribution is -0.109. The Bertz CT molecular complexity index is 1170. The fraction of sp³-hybridized carbons (Fsp3) is 0.429. The van der Waals surface area contributed by atoms with E-state index in [0.717, 1.165) is 48.7 Å². The molecule has 2 aliphatic rings. The molecule has 0 atom stereocenters. The monoisotopic (exact) mass is 445 g/mol. The number of carbonyl (C=O) groups is 2. The third-order valence-corrected chi connectivity index (χ3v) is 7.44. The molecule has 5 nitrogen and oxygen atoms in total. The number of para-hydroxylation sites is 1. The molecular weight excluding hydrogens is 414 g/mol. The highest BCUT2D eigenvalue weighted by Gasteiger charge is 2.31. The maximum absolute atomic E-state index is 11.9. The number of ether oxygens (including phenoxy) is 1. The predicted molar refractivity (Wildman–Crippen MR) is 129 cm³/mol. The molecule has 3 aromatic rings. The zero-order valence-electron chi connectivity index (χ0n) is 19.0. The number of hydrogen-bond donors (Lipinski definition) is 1. The van der Waals surface area contributed by atoms with Crippen LogP contribution < -0.4 is 4.74 Å². The summed E-state index contributed by atoms with van der Waals surface area (Å²) in [5.41, 5.74) is 4.83. The highest BCUT2D eigenvalue weighted by atomic mass is 16.5. The standard InChI is InChI=1S/C28H31NO4/c30-16-17-33-25-13-7-6-12-23(25)27-26(19-8-2-1-3-9-19)22-15-14-20(28(31)32)18-24(22)29(27)21-10-4-5-11-21/h6-7,12-16,18-19,21H,1-5,8-11,17H2,(H,31,32). The number of carboxylic acid groups (broad SMARTS) is 1. The summed E-state index contributed by atoms with van der Waals surface area (Å²) in [4.78, 5) is 22.9. The van der Waals surface area contributed by atoms with Crippen molar-refractivity contribution in [1.82, 2.24) is 4.57 Å². The number of aldehydes is 1. The second kappa shape index (κ2) is 9.42. The van der Waals surface area contributed by atoms with Crippen LogP contribution in [0.3, 0.4) is 0 Å². The summed E-state index contributed by atoms with van der Waals surface area (Å²) in [6, 6.07) is 13.9. The highest BCUT2D eigenvalue weighted by molar-refractivity contribution is 5.98. The summed E-state index contributed by atoms with van der Waals surface area (Å²) in [6.45, 7) is 0.0165. The predicted octanol–water partition coefficient (Wildman–Crippen LogP) is 6.75. The van der Waals surface area contributed by atoms with Gasteiger partial charge in [-0.05, 0) is 61.4 Å². The molecule has 2 aromatic carbocycles. The maximum atomic E-state index is 11.9. The average molecular weight is 446 g/mol. The lowest BCUT2D eigenvalue weighted by Gasteiger charge is -2.25. The molecule has 2 fully saturated rings. The summed E-state index contributed by atoms with van der Waals surface area (Å²) in [5, 5.41) is 10.9. The van der Waals surface area contributed by atoms with E-state index < -0.39 is 5.97 Å². The molecular formula is C28H31NO4. The third-order valence-electron chi connectivity index (χ3n) is 7.44. The van der Waals surface area contributed by atoms with Crippen LogP contribution in [0.5, 0.6) is 5.75 Å². The summed E-state index contributed by atoms with van der Waals surface area (Å²) < 4.78 is 8.30. The van der Waals surface area contributed by atoms with E-state index in [1.165, 1.54) is 43.1 Å². The first kappa shape index (κ1) is 21.7. The van der Waals surface area contributed by atoms with Crippen LogP contribution >= 0.6 is 0 Å². The Kier molecular flexibility index (Phi) is 6.21. The molecule has 2 aliphatic carbocycles. The van der Waals surface area contributed by atoms with Crippen LogP contribution in [0.15, 0.2) is 42.5 Å². The topological polar surface area (TPSA) is 68.5 Å². The molecule has 0 spiro atoms. The van der Waals surface area contributed by atoms with Gasteiger partial charge < -0.3 is 14.4 Å². The Balaban J connectivity index is 1.83. The van der Waals surface area contributed by atoms with Crippen molar-refractivity contribution in [1.29, 1.82) is 0 Å². The average Bonchev–Trinajstić information content (AvgIpc) is 3.49. The number of aromatic carboxylic acids is 1. The van der Waals surface area contributed by atoms with Gasteiger partial charge in [-0.3, -0.25) is 4.79 Å². The molecule has 172 valence electrons. The number of aromatic nitrogens is 1. The van der Waals surface area contributed by atoms with E-state index in [-0.39, 0.29) is 6.61 Å². The second-order valence-corrected chi connectivity index (χ2v) is 9.42. The zero-order chi connectivity index (χ0) is 22.8. The van der Waals surface area contributed by atoms with Gasteiger partial charge in [-0.15, -0.1) is 0 Å². The zero-order valence-corrected chi connectivity index (χ0v) is 19.0. The Morgan fingerprint density at radius 2 is 1.73 bits per heavy atom. The molecule has 0 radical (unpaired) electrons. The minimum absolute atomic E-state index is 0.0165. The lowest BCUT2D eigenvalue weighted by atomic mass is 9.81. The van der Waals surface area contributed by atoms with E-state index >= 15 is 0 Å². The fourth-order valence-corrected chi connectivity index (χ4v) is 6.00. The number of benzene rings is 2. The van der Waals surface area contributed by atoms with Gasteiger partial charge in [0.05, 0.1) is 11.3 Å². The van der Waals surface area contributed by atoms with Gasteiger partial charge in [-0.2, -0.15) is 0 Å². The van der Waals surface area contributed by atoms with E-state index in [1.54, 1.807) is 6.07 Å². The van der Waals surface area contributed by atoms with E-state index in [9.17, 15) is 14.7 Å². The molecule has 0 amide bonds. The highest BCUT2D eigenvalue weighted by Crippen LogP contribution is 2.49. The molecule has 1 N–H and O–H groups in total. The number of carbonyl (C=O) groups excluding carboxylic acids is 1. The number of nitrogens with zero attached hydrogens (tertiary/aromatic N) is 1. The van der Waals surface area contributed by atoms with Crippen molar-refractivity contribution in [2.75, 3.05) is 6.61 Å². The van der Waals surface area contributed by atoms with Gasteiger partial charge in [0.15, 0.2) is 6.29 Å². The van der Waals surface area contributed by atoms with Crippen molar-refractivity contribution in [2.24, 2.45) is 0 Å². The van der Waals surface area contributed by atoms with Gasteiger partial charge >= 0.3 is 5.97 Å². The van der Waals surface area contributed by atoms with Crippen molar-refractivity contribution in [3.05, 3.63) is 53.6 Å². The van der Waals surface area contributed by atoms with Gasteiger partial charge in [-0.25, -0.2) is 4.79 Å². The molecule has 0 unspecified atom stereocenters. The van der Waals surface area contributed by atoms with Gasteiger partial charge in [0.25, 0.3) is 0 Å². The van der Waals surface area contributed by atoms with Gasteiger partial charge in [-0.1, -0.05) is 50.3 Å². The van der Waals surface area contributed by atoms with Crippen molar-refractivity contribution in [3.63, 3.8) is 0 Å². The number of fused-ring (bicyclic) bond motifs is 1. The molecule has 33 heavy (non-hydrogen) atoms. The Hall–Kier alpha value is -3.08. The number of rotatable bonds is 7. The fourth-order valence-electron chi connectivity index (χ4n) is 6.00. The normalized spacial score (nSPS) is 17.5. The minimum atomic E-state index is -0.897. The largest absolute Gasteiger partial charge is 0.485 e. The summed E-state index contributed by atoms with van der Waals surface area (Å²) in [6.07, 6.45) is 11.3. The Labute approximate surface area is 194 Å². The molecule has 0 aliphatic heterocycles. The van der Waals surface area contributed by atoms with Gasteiger partial charge in [0.2, 0.25) is 0 Å². The summed E-state index contributed by atoms with van der Waals surface area (Å²) >= 11 is 0. The van der Waals surface area contributed by atoms with Crippen molar-refractivity contribution in [2.45, 2.75) is 69.7 Å².